The van der Waals surface area contributed by atoms with Crippen LogP contribution in [0, 0.1) is 0 Å². The Morgan fingerprint density at radius 1 is 1.11 bits per heavy atom. The normalized spacial score (nSPS) is 11.2. The van der Waals surface area contributed by atoms with E-state index in [9.17, 15) is 0 Å². The number of benzene rings is 2. The number of ether oxygens (including phenoxy) is 1. The van der Waals surface area contributed by atoms with E-state index in [1.807, 2.05) is 48.5 Å². The second-order valence-electron chi connectivity index (χ2n) is 7.01. The molecule has 0 amide bonds. The van der Waals surface area contributed by atoms with E-state index in [1.165, 1.54) is 19.3 Å². The van der Waals surface area contributed by atoms with E-state index in [0.29, 0.717) is 0 Å². The number of hydrogen-bond acceptors (Lipinski definition) is 4. The first-order valence-corrected chi connectivity index (χ1v) is 10.5. The smallest absolute Gasteiger partial charge is 0.168 e. The van der Waals surface area contributed by atoms with Crippen molar-refractivity contribution < 1.29 is 9.26 Å². The van der Waals surface area contributed by atoms with E-state index >= 15 is 0 Å². The molecule has 0 fully saturated rings. The van der Waals surface area contributed by atoms with E-state index in [2.05, 4.69) is 39.6 Å². The number of nitrogens with zero attached hydrogens (tertiary/aromatic N) is 2. The molecule has 0 aliphatic heterocycles. The first-order valence-electron chi connectivity index (χ1n) is 9.75. The lowest BCUT2D eigenvalue weighted by atomic mass is 10.1. The quantitative estimate of drug-likeness (QED) is 0.257. The zero-order chi connectivity index (χ0) is 19.8. The molecule has 1 aromatic heterocycles. The molecule has 0 saturated carbocycles. The Morgan fingerprint density at radius 2 is 1.89 bits per heavy atom. The molecule has 0 radical (unpaired) electrons. The highest BCUT2D eigenvalue weighted by atomic mass is 79.9. The second kappa shape index (κ2) is 10.4. The molecule has 5 heteroatoms. The van der Waals surface area contributed by atoms with Crippen molar-refractivity contribution in [2.45, 2.75) is 25.7 Å². The van der Waals surface area contributed by atoms with Crippen LogP contribution in [0.5, 0.6) is 5.75 Å². The Kier molecular flexibility index (Phi) is 7.69. The highest BCUT2D eigenvalue weighted by Crippen LogP contribution is 2.30. The average molecular weight is 443 g/mol. The van der Waals surface area contributed by atoms with Gasteiger partial charge in [0.25, 0.3) is 0 Å². The summed E-state index contributed by atoms with van der Waals surface area (Å²) in [5.74, 6) is 0.894. The molecule has 0 bridgehead atoms. The van der Waals surface area contributed by atoms with E-state index in [0.717, 1.165) is 58.6 Å². The van der Waals surface area contributed by atoms with E-state index < -0.39 is 0 Å². The molecule has 0 aliphatic rings. The summed E-state index contributed by atoms with van der Waals surface area (Å²) in [5.41, 5.74) is 2.66. The van der Waals surface area contributed by atoms with Crippen molar-refractivity contribution in [1.82, 2.24) is 10.1 Å². The topological polar surface area (TPSA) is 38.5 Å². The fourth-order valence-electron chi connectivity index (χ4n) is 3.17. The third-order valence-electron chi connectivity index (χ3n) is 4.71. The van der Waals surface area contributed by atoms with Crippen LogP contribution in [0.15, 0.2) is 64.1 Å². The van der Waals surface area contributed by atoms with Gasteiger partial charge in [-0.05, 0) is 68.9 Å². The minimum absolute atomic E-state index is 0.753. The molecule has 148 valence electrons. The van der Waals surface area contributed by atoms with Gasteiger partial charge in [0.2, 0.25) is 0 Å². The molecule has 0 atom stereocenters. The minimum Gasteiger partial charge on any atom is -0.494 e. The van der Waals surface area contributed by atoms with Gasteiger partial charge in [0.15, 0.2) is 5.58 Å². The van der Waals surface area contributed by atoms with Gasteiger partial charge in [-0.3, -0.25) is 0 Å². The Bertz CT molecular complexity index is 889. The van der Waals surface area contributed by atoms with Crippen molar-refractivity contribution in [1.29, 1.82) is 0 Å². The zero-order valence-electron chi connectivity index (χ0n) is 16.4. The van der Waals surface area contributed by atoms with E-state index in [1.54, 1.807) is 0 Å². The van der Waals surface area contributed by atoms with Crippen molar-refractivity contribution >= 4 is 26.9 Å². The number of halogens is 1. The molecule has 28 heavy (non-hydrogen) atoms. The predicted octanol–water partition coefficient (Wildman–Crippen LogP) is 6.31. The molecular formula is C23H27BrN2O2. The van der Waals surface area contributed by atoms with Crippen LogP contribution in [-0.4, -0.2) is 36.8 Å². The molecule has 1 heterocycles. The molecule has 3 rings (SSSR count). The molecule has 4 nitrogen and oxygen atoms in total. The van der Waals surface area contributed by atoms with Crippen molar-refractivity contribution in [3.8, 4) is 17.0 Å². The first-order chi connectivity index (χ1) is 13.7. The van der Waals surface area contributed by atoms with Crippen LogP contribution in [-0.2, 0) is 0 Å². The maximum absolute atomic E-state index is 5.87. The van der Waals surface area contributed by atoms with Gasteiger partial charge >= 0.3 is 0 Å². The Morgan fingerprint density at radius 3 is 2.68 bits per heavy atom. The summed E-state index contributed by atoms with van der Waals surface area (Å²) in [6.07, 6.45) is 6.68. The Hall–Kier alpha value is -2.11. The largest absolute Gasteiger partial charge is 0.494 e. The highest BCUT2D eigenvalue weighted by molar-refractivity contribution is 9.10. The summed E-state index contributed by atoms with van der Waals surface area (Å²) >= 11 is 3.45. The molecular weight excluding hydrogens is 416 g/mol. The van der Waals surface area contributed by atoms with Crippen LogP contribution in [0.25, 0.3) is 22.2 Å². The van der Waals surface area contributed by atoms with Crippen LogP contribution < -0.4 is 4.74 Å². The Balaban J connectivity index is 1.43. The Labute approximate surface area is 175 Å². The molecule has 2 aromatic carbocycles. The second-order valence-corrected chi connectivity index (χ2v) is 7.93. The fraction of sp³-hybridized carbons (Fsp3) is 0.348. The number of aromatic nitrogens is 1. The van der Waals surface area contributed by atoms with Crippen molar-refractivity contribution in [3.05, 3.63) is 59.6 Å². The fourth-order valence-corrected chi connectivity index (χ4v) is 3.51. The number of unbranched alkanes of at least 4 members (excludes halogenated alkanes) is 3. The zero-order valence-corrected chi connectivity index (χ0v) is 18.0. The standard InChI is InChI=1S/C23H27BrN2O2/c1-3-14-26(2)15-6-4-5-7-16-27-20-11-8-18(9-12-20)23-21-13-10-19(24)17-22(21)28-25-23/h3,8-13,17H,1,4-7,14-16H2,2H3. The van der Waals surface area contributed by atoms with Crippen LogP contribution in [0.2, 0.25) is 0 Å². The lowest BCUT2D eigenvalue weighted by molar-refractivity contribution is 0.300. The van der Waals surface area contributed by atoms with Crippen LogP contribution in [0.3, 0.4) is 0 Å². The number of rotatable bonds is 11. The number of hydrogen-bond donors (Lipinski definition) is 0. The summed E-state index contributed by atoms with van der Waals surface area (Å²) in [6.45, 7) is 6.61. The lowest BCUT2D eigenvalue weighted by Crippen LogP contribution is -2.19. The molecule has 3 aromatic rings. The van der Waals surface area contributed by atoms with E-state index in [-0.39, 0.29) is 0 Å². The monoisotopic (exact) mass is 442 g/mol. The molecule has 0 spiro atoms. The summed E-state index contributed by atoms with van der Waals surface area (Å²) < 4.78 is 12.3. The summed E-state index contributed by atoms with van der Waals surface area (Å²) in [4.78, 5) is 2.29. The highest BCUT2D eigenvalue weighted by Gasteiger charge is 2.10. The van der Waals surface area contributed by atoms with Crippen LogP contribution in [0.4, 0.5) is 0 Å². The lowest BCUT2D eigenvalue weighted by Gasteiger charge is -2.13. The maximum Gasteiger partial charge on any atom is 0.168 e. The average Bonchev–Trinajstić information content (AvgIpc) is 3.11. The minimum atomic E-state index is 0.753. The number of likely N-dealkylation sites (N-methyl/N-ethyl adjacent to an activating group) is 1. The summed E-state index contributed by atoms with van der Waals surface area (Å²) in [5, 5.41) is 5.23. The van der Waals surface area contributed by atoms with Crippen LogP contribution in [0.1, 0.15) is 25.7 Å². The van der Waals surface area contributed by atoms with Gasteiger partial charge in [0, 0.05) is 22.0 Å². The summed E-state index contributed by atoms with van der Waals surface area (Å²) in [6, 6.07) is 14.0. The van der Waals surface area contributed by atoms with Gasteiger partial charge in [0.05, 0.1) is 6.61 Å². The molecule has 0 unspecified atom stereocenters. The SMILES string of the molecule is C=CCN(C)CCCCCCOc1ccc(-c2noc3cc(Br)ccc23)cc1. The summed E-state index contributed by atoms with van der Waals surface area (Å²) in [7, 11) is 2.13. The maximum atomic E-state index is 5.87. The van der Waals surface area contributed by atoms with Crippen molar-refractivity contribution in [3.63, 3.8) is 0 Å². The van der Waals surface area contributed by atoms with Gasteiger partial charge in [0.1, 0.15) is 11.4 Å². The third kappa shape index (κ3) is 5.69. The van der Waals surface area contributed by atoms with Gasteiger partial charge in [-0.15, -0.1) is 6.58 Å². The third-order valence-corrected chi connectivity index (χ3v) is 5.20. The van der Waals surface area contributed by atoms with Gasteiger partial charge < -0.3 is 14.2 Å². The predicted molar refractivity (Wildman–Crippen MR) is 119 cm³/mol. The first kappa shape index (κ1) is 20.6. The van der Waals surface area contributed by atoms with Crippen molar-refractivity contribution in [2.24, 2.45) is 0 Å². The molecule has 0 saturated heterocycles. The van der Waals surface area contributed by atoms with Gasteiger partial charge in [-0.25, -0.2) is 0 Å². The van der Waals surface area contributed by atoms with Crippen molar-refractivity contribution in [2.75, 3.05) is 26.7 Å². The van der Waals surface area contributed by atoms with E-state index in [4.69, 9.17) is 9.26 Å². The van der Waals surface area contributed by atoms with Gasteiger partial charge in [-0.1, -0.05) is 40.0 Å². The number of fused-ring (bicyclic) bond motifs is 1. The molecule has 0 N–H and O–H groups in total. The van der Waals surface area contributed by atoms with Crippen LogP contribution >= 0.6 is 15.9 Å². The molecule has 0 aliphatic carbocycles. The van der Waals surface area contributed by atoms with Gasteiger partial charge in [-0.2, -0.15) is 0 Å².